The monoisotopic (exact) mass is 394 g/mol. The second-order valence-corrected chi connectivity index (χ2v) is 8.28. The van der Waals surface area contributed by atoms with Gasteiger partial charge in [0.1, 0.15) is 5.75 Å². The first-order chi connectivity index (χ1) is 13.0. The van der Waals surface area contributed by atoms with Crippen LogP contribution in [-0.2, 0) is 6.18 Å². The number of aromatic hydroxyl groups is 1. The topological polar surface area (TPSA) is 20.2 Å². The molecule has 0 amide bonds. The van der Waals surface area contributed by atoms with Crippen molar-refractivity contribution >= 4 is 0 Å². The highest BCUT2D eigenvalue weighted by molar-refractivity contribution is 5.44. The molecule has 1 N–H and O–H groups in total. The van der Waals surface area contributed by atoms with Gasteiger partial charge in [0.15, 0.2) is 0 Å². The van der Waals surface area contributed by atoms with Crippen LogP contribution < -0.4 is 0 Å². The molecule has 28 heavy (non-hydrogen) atoms. The molecule has 154 valence electrons. The summed E-state index contributed by atoms with van der Waals surface area (Å²) in [7, 11) is 2.18. The molecule has 0 bridgehead atoms. The van der Waals surface area contributed by atoms with Gasteiger partial charge in [-0.2, -0.15) is 13.2 Å². The molecule has 1 atom stereocenters. The standard InChI is InChI=1S/C23H30F3NO/c1-16(2)27(5,17(3)4)14-13-20(18-9-7-6-8-10-18)21-15-19(23(24,25)26)11-12-22(21)28/h6-12,15-17,20H,13-14H2,1-5H3/p+1. The molecule has 0 saturated carbocycles. The molecule has 2 aromatic carbocycles. The van der Waals surface area contributed by atoms with Crippen LogP contribution in [0.4, 0.5) is 13.2 Å². The molecule has 0 spiro atoms. The van der Waals surface area contributed by atoms with E-state index in [1.165, 1.54) is 0 Å². The molecule has 5 heteroatoms. The molecule has 0 aromatic heterocycles. The lowest BCUT2D eigenvalue weighted by Crippen LogP contribution is -2.55. The summed E-state index contributed by atoms with van der Waals surface area (Å²) in [5.41, 5.74) is 0.516. The van der Waals surface area contributed by atoms with Crippen LogP contribution in [0, 0.1) is 0 Å². The van der Waals surface area contributed by atoms with Crippen LogP contribution >= 0.6 is 0 Å². The highest BCUT2D eigenvalue weighted by Crippen LogP contribution is 2.39. The van der Waals surface area contributed by atoms with Crippen molar-refractivity contribution in [3.8, 4) is 5.75 Å². The number of quaternary nitrogens is 1. The Kier molecular flexibility index (Phi) is 6.81. The number of rotatable bonds is 7. The van der Waals surface area contributed by atoms with Gasteiger partial charge in [0, 0.05) is 17.9 Å². The number of benzene rings is 2. The van der Waals surface area contributed by atoms with Crippen molar-refractivity contribution in [1.29, 1.82) is 0 Å². The first kappa shape index (κ1) is 22.3. The van der Waals surface area contributed by atoms with E-state index in [-0.39, 0.29) is 11.7 Å². The largest absolute Gasteiger partial charge is 0.508 e. The Bertz CT molecular complexity index is 761. The van der Waals surface area contributed by atoms with Crippen molar-refractivity contribution in [2.75, 3.05) is 13.6 Å². The van der Waals surface area contributed by atoms with E-state index in [0.717, 1.165) is 34.8 Å². The Hall–Kier alpha value is -2.01. The predicted octanol–water partition coefficient (Wildman–Crippen LogP) is 6.20. The van der Waals surface area contributed by atoms with Crippen LogP contribution in [0.15, 0.2) is 48.5 Å². The summed E-state index contributed by atoms with van der Waals surface area (Å²) >= 11 is 0. The zero-order valence-corrected chi connectivity index (χ0v) is 17.3. The summed E-state index contributed by atoms with van der Waals surface area (Å²) in [6, 6.07) is 13.4. The molecule has 0 aliphatic carbocycles. The van der Waals surface area contributed by atoms with E-state index in [1.54, 1.807) is 0 Å². The predicted molar refractivity (Wildman–Crippen MR) is 107 cm³/mol. The maximum atomic E-state index is 13.3. The number of phenols is 1. The van der Waals surface area contributed by atoms with E-state index in [0.29, 0.717) is 24.1 Å². The van der Waals surface area contributed by atoms with E-state index in [9.17, 15) is 18.3 Å². The van der Waals surface area contributed by atoms with E-state index >= 15 is 0 Å². The first-order valence-corrected chi connectivity index (χ1v) is 9.76. The molecule has 2 aromatic rings. The fourth-order valence-electron chi connectivity index (χ4n) is 3.72. The van der Waals surface area contributed by atoms with Crippen molar-refractivity contribution < 1.29 is 22.8 Å². The molecule has 0 fully saturated rings. The first-order valence-electron chi connectivity index (χ1n) is 9.76. The molecule has 0 radical (unpaired) electrons. The minimum absolute atomic E-state index is 0.0925. The normalized spacial score (nSPS) is 13.9. The maximum absolute atomic E-state index is 13.3. The molecular weight excluding hydrogens is 363 g/mol. The molecule has 2 rings (SSSR count). The highest BCUT2D eigenvalue weighted by Gasteiger charge is 2.34. The lowest BCUT2D eigenvalue weighted by Gasteiger charge is -2.43. The van der Waals surface area contributed by atoms with E-state index in [4.69, 9.17) is 0 Å². The van der Waals surface area contributed by atoms with Crippen molar-refractivity contribution in [1.82, 2.24) is 0 Å². The smallest absolute Gasteiger partial charge is 0.416 e. The third kappa shape index (κ3) is 4.88. The van der Waals surface area contributed by atoms with Gasteiger partial charge in [-0.1, -0.05) is 30.3 Å². The van der Waals surface area contributed by atoms with Crippen LogP contribution in [0.3, 0.4) is 0 Å². The van der Waals surface area contributed by atoms with Gasteiger partial charge in [0.25, 0.3) is 0 Å². The van der Waals surface area contributed by atoms with Crippen molar-refractivity contribution in [3.63, 3.8) is 0 Å². The molecule has 0 aliphatic rings. The van der Waals surface area contributed by atoms with Crippen molar-refractivity contribution in [2.45, 2.75) is 58.3 Å². The highest BCUT2D eigenvalue weighted by atomic mass is 19.4. The zero-order valence-electron chi connectivity index (χ0n) is 17.3. The van der Waals surface area contributed by atoms with Crippen LogP contribution in [0.25, 0.3) is 0 Å². The van der Waals surface area contributed by atoms with Crippen LogP contribution in [-0.4, -0.2) is 35.3 Å². The van der Waals surface area contributed by atoms with Crippen LogP contribution in [0.2, 0.25) is 0 Å². The Morgan fingerprint density at radius 2 is 1.50 bits per heavy atom. The molecule has 0 saturated heterocycles. The minimum Gasteiger partial charge on any atom is -0.508 e. The van der Waals surface area contributed by atoms with Gasteiger partial charge in [0.2, 0.25) is 0 Å². The lowest BCUT2D eigenvalue weighted by molar-refractivity contribution is -0.949. The van der Waals surface area contributed by atoms with Gasteiger partial charge >= 0.3 is 6.18 Å². The summed E-state index contributed by atoms with van der Waals surface area (Å²) < 4.78 is 40.6. The van der Waals surface area contributed by atoms with Gasteiger partial charge in [-0.05, 0) is 51.5 Å². The van der Waals surface area contributed by atoms with E-state index < -0.39 is 11.7 Å². The average Bonchev–Trinajstić information content (AvgIpc) is 2.62. The number of phenolic OH excluding ortho intramolecular Hbond substituents is 1. The minimum atomic E-state index is -4.44. The average molecular weight is 395 g/mol. The second-order valence-electron chi connectivity index (χ2n) is 8.28. The summed E-state index contributed by atoms with van der Waals surface area (Å²) in [6.07, 6.45) is -3.80. The Balaban J connectivity index is 2.48. The third-order valence-electron chi connectivity index (χ3n) is 6.19. The van der Waals surface area contributed by atoms with Gasteiger partial charge < -0.3 is 9.59 Å². The number of hydrogen-bond donors (Lipinski definition) is 1. The van der Waals surface area contributed by atoms with Gasteiger partial charge in [-0.3, -0.25) is 0 Å². The Morgan fingerprint density at radius 1 is 0.929 bits per heavy atom. The SMILES string of the molecule is CC(C)[N+](C)(CCC(c1ccccc1)c1cc(C(F)(F)F)ccc1O)C(C)C. The van der Waals surface area contributed by atoms with Crippen molar-refractivity contribution in [2.24, 2.45) is 0 Å². The fraction of sp³-hybridized carbons (Fsp3) is 0.478. The summed E-state index contributed by atoms with van der Waals surface area (Å²) in [5, 5.41) is 10.4. The van der Waals surface area contributed by atoms with E-state index in [2.05, 4.69) is 34.7 Å². The molecule has 1 unspecified atom stereocenters. The van der Waals surface area contributed by atoms with Crippen LogP contribution in [0.5, 0.6) is 5.75 Å². The van der Waals surface area contributed by atoms with E-state index in [1.807, 2.05) is 30.3 Å². The number of hydrogen-bond acceptors (Lipinski definition) is 1. The zero-order chi connectivity index (χ0) is 21.1. The molecule has 0 heterocycles. The number of halogens is 3. The van der Waals surface area contributed by atoms with Gasteiger partial charge in [-0.15, -0.1) is 0 Å². The second kappa shape index (κ2) is 8.56. The lowest BCUT2D eigenvalue weighted by atomic mass is 9.86. The number of nitrogens with zero attached hydrogens (tertiary/aromatic N) is 1. The fourth-order valence-corrected chi connectivity index (χ4v) is 3.72. The Morgan fingerprint density at radius 3 is 2.00 bits per heavy atom. The van der Waals surface area contributed by atoms with Gasteiger partial charge in [-0.25, -0.2) is 0 Å². The third-order valence-corrected chi connectivity index (χ3v) is 6.19. The summed E-state index contributed by atoms with van der Waals surface area (Å²) in [4.78, 5) is 0. The quantitative estimate of drug-likeness (QED) is 0.555. The Labute approximate surface area is 166 Å². The number of alkyl halides is 3. The molecule has 0 aliphatic heterocycles. The maximum Gasteiger partial charge on any atom is 0.416 e. The summed E-state index contributed by atoms with van der Waals surface area (Å²) in [6.45, 7) is 9.46. The molecular formula is C23H31F3NO+. The summed E-state index contributed by atoms with van der Waals surface area (Å²) in [5.74, 6) is -0.399. The molecule has 2 nitrogen and oxygen atoms in total. The van der Waals surface area contributed by atoms with Gasteiger partial charge in [0.05, 0.1) is 31.2 Å². The van der Waals surface area contributed by atoms with Crippen molar-refractivity contribution in [3.05, 3.63) is 65.2 Å². The van der Waals surface area contributed by atoms with Crippen LogP contribution in [0.1, 0.15) is 56.7 Å².